The molecule has 1 aliphatic rings. The van der Waals surface area contributed by atoms with Crippen molar-refractivity contribution >= 4 is 10.0 Å². The van der Waals surface area contributed by atoms with Crippen LogP contribution in [0.5, 0.6) is 0 Å². The van der Waals surface area contributed by atoms with Crippen molar-refractivity contribution in [1.82, 2.24) is 14.3 Å². The molecule has 0 bridgehead atoms. The fourth-order valence-electron chi connectivity index (χ4n) is 3.25. The van der Waals surface area contributed by atoms with E-state index >= 15 is 0 Å². The van der Waals surface area contributed by atoms with Gasteiger partial charge in [0, 0.05) is 30.8 Å². The number of hydrogen-bond acceptors (Lipinski definition) is 5. The van der Waals surface area contributed by atoms with Crippen LogP contribution < -0.4 is 0 Å². The molecule has 1 saturated heterocycles. The first-order valence-electron chi connectivity index (χ1n) is 8.52. The molecular formula is C18H22FN3O3S. The van der Waals surface area contributed by atoms with E-state index in [1.54, 1.807) is 20.0 Å². The molecule has 1 aliphatic heterocycles. The first-order valence-corrected chi connectivity index (χ1v) is 9.96. The van der Waals surface area contributed by atoms with Crippen LogP contribution in [-0.4, -0.2) is 40.9 Å². The lowest BCUT2D eigenvalue weighted by molar-refractivity contribution is 0.272. The number of benzene rings is 1. The molecule has 0 radical (unpaired) electrons. The van der Waals surface area contributed by atoms with Gasteiger partial charge in [-0.15, -0.1) is 0 Å². The van der Waals surface area contributed by atoms with E-state index in [4.69, 9.17) is 0 Å². The van der Waals surface area contributed by atoms with Gasteiger partial charge in [0.15, 0.2) is 0 Å². The summed E-state index contributed by atoms with van der Waals surface area (Å²) in [6, 6.07) is 3.98. The van der Waals surface area contributed by atoms with Gasteiger partial charge < -0.3 is 5.11 Å². The third kappa shape index (κ3) is 3.62. The fourth-order valence-corrected chi connectivity index (χ4v) is 4.79. The second-order valence-corrected chi connectivity index (χ2v) is 8.54. The molecule has 0 amide bonds. The third-order valence-electron chi connectivity index (χ3n) is 4.74. The van der Waals surface area contributed by atoms with Crippen molar-refractivity contribution in [2.24, 2.45) is 0 Å². The highest BCUT2D eigenvalue weighted by Gasteiger charge is 2.32. The SMILES string of the molecule is Cc1ncc(CO)c(C2CCCN(S(=O)(=O)c3ccc(C)c(F)c3)C2)n1. The van der Waals surface area contributed by atoms with E-state index in [-0.39, 0.29) is 24.0 Å². The summed E-state index contributed by atoms with van der Waals surface area (Å²) in [5.41, 5.74) is 1.71. The maximum Gasteiger partial charge on any atom is 0.243 e. The van der Waals surface area contributed by atoms with Crippen molar-refractivity contribution in [3.05, 3.63) is 52.9 Å². The van der Waals surface area contributed by atoms with Crippen molar-refractivity contribution in [1.29, 1.82) is 0 Å². The Morgan fingerprint density at radius 3 is 2.81 bits per heavy atom. The van der Waals surface area contributed by atoms with Gasteiger partial charge in [0.05, 0.1) is 17.2 Å². The fraction of sp³-hybridized carbons (Fsp3) is 0.444. The van der Waals surface area contributed by atoms with Crippen LogP contribution in [0.25, 0.3) is 0 Å². The van der Waals surface area contributed by atoms with Gasteiger partial charge in [0.1, 0.15) is 11.6 Å². The van der Waals surface area contributed by atoms with Gasteiger partial charge in [-0.2, -0.15) is 4.31 Å². The molecule has 6 nitrogen and oxygen atoms in total. The summed E-state index contributed by atoms with van der Waals surface area (Å²) in [4.78, 5) is 8.48. The van der Waals surface area contributed by atoms with E-state index in [2.05, 4.69) is 9.97 Å². The minimum Gasteiger partial charge on any atom is -0.392 e. The average molecular weight is 379 g/mol. The lowest BCUT2D eigenvalue weighted by atomic mass is 9.93. The van der Waals surface area contributed by atoms with E-state index in [0.29, 0.717) is 35.6 Å². The maximum atomic E-state index is 13.8. The minimum atomic E-state index is -3.78. The number of nitrogens with zero attached hydrogens (tertiary/aromatic N) is 3. The highest BCUT2D eigenvalue weighted by Crippen LogP contribution is 2.31. The van der Waals surface area contributed by atoms with Crippen LogP contribution in [-0.2, 0) is 16.6 Å². The Hall–Kier alpha value is -1.90. The second kappa shape index (κ2) is 7.38. The van der Waals surface area contributed by atoms with Crippen LogP contribution in [0, 0.1) is 19.7 Å². The quantitative estimate of drug-likeness (QED) is 0.881. The lowest BCUT2D eigenvalue weighted by Gasteiger charge is -2.32. The molecule has 8 heteroatoms. The molecule has 1 aromatic carbocycles. The number of sulfonamides is 1. The number of aliphatic hydroxyl groups excluding tert-OH is 1. The first kappa shape index (κ1) is 18.9. The smallest absolute Gasteiger partial charge is 0.243 e. The molecule has 0 spiro atoms. The molecule has 2 heterocycles. The largest absolute Gasteiger partial charge is 0.392 e. The van der Waals surface area contributed by atoms with Crippen molar-refractivity contribution in [3.8, 4) is 0 Å². The summed E-state index contributed by atoms with van der Waals surface area (Å²) in [6.07, 6.45) is 3.03. The van der Waals surface area contributed by atoms with Gasteiger partial charge >= 0.3 is 0 Å². The van der Waals surface area contributed by atoms with E-state index in [0.717, 1.165) is 12.5 Å². The first-order chi connectivity index (χ1) is 12.3. The zero-order valence-corrected chi connectivity index (χ0v) is 15.6. The van der Waals surface area contributed by atoms with E-state index in [9.17, 15) is 17.9 Å². The molecule has 2 aromatic rings. The zero-order chi connectivity index (χ0) is 18.9. The van der Waals surface area contributed by atoms with E-state index < -0.39 is 15.8 Å². The molecule has 26 heavy (non-hydrogen) atoms. The summed E-state index contributed by atoms with van der Waals surface area (Å²) in [7, 11) is -3.78. The normalized spacial score (nSPS) is 18.8. The third-order valence-corrected chi connectivity index (χ3v) is 6.60. The lowest BCUT2D eigenvalue weighted by Crippen LogP contribution is -2.39. The highest BCUT2D eigenvalue weighted by atomic mass is 32.2. The highest BCUT2D eigenvalue weighted by molar-refractivity contribution is 7.89. The minimum absolute atomic E-state index is 0.0394. The second-order valence-electron chi connectivity index (χ2n) is 6.60. The Bertz CT molecular complexity index is 918. The predicted molar refractivity (Wildman–Crippen MR) is 94.6 cm³/mol. The Balaban J connectivity index is 1.90. The monoisotopic (exact) mass is 379 g/mol. The number of aromatic nitrogens is 2. The number of hydrogen-bond donors (Lipinski definition) is 1. The Morgan fingerprint density at radius 2 is 2.12 bits per heavy atom. The van der Waals surface area contributed by atoms with Crippen LogP contribution >= 0.6 is 0 Å². The van der Waals surface area contributed by atoms with Crippen molar-refractivity contribution in [2.75, 3.05) is 13.1 Å². The maximum absolute atomic E-state index is 13.8. The van der Waals surface area contributed by atoms with Crippen molar-refractivity contribution < 1.29 is 17.9 Å². The van der Waals surface area contributed by atoms with Crippen molar-refractivity contribution in [2.45, 2.75) is 44.1 Å². The van der Waals surface area contributed by atoms with Gasteiger partial charge in [-0.25, -0.2) is 22.8 Å². The number of halogens is 1. The molecule has 1 N–H and O–H groups in total. The summed E-state index contributed by atoms with van der Waals surface area (Å²) < 4.78 is 41.1. The summed E-state index contributed by atoms with van der Waals surface area (Å²) in [5.74, 6) is -0.0796. The summed E-state index contributed by atoms with van der Waals surface area (Å²) in [6.45, 7) is 3.80. The van der Waals surface area contributed by atoms with Crippen molar-refractivity contribution in [3.63, 3.8) is 0 Å². The summed E-state index contributed by atoms with van der Waals surface area (Å²) >= 11 is 0. The van der Waals surface area contributed by atoms with Gasteiger partial charge in [-0.1, -0.05) is 6.07 Å². The zero-order valence-electron chi connectivity index (χ0n) is 14.8. The Morgan fingerprint density at radius 1 is 1.35 bits per heavy atom. The number of aryl methyl sites for hydroxylation is 2. The van der Waals surface area contributed by atoms with Crippen LogP contribution in [0.2, 0.25) is 0 Å². The molecule has 3 rings (SSSR count). The molecule has 1 unspecified atom stereocenters. The van der Waals surface area contributed by atoms with E-state index in [1.165, 1.54) is 16.4 Å². The number of piperidine rings is 1. The molecule has 1 fully saturated rings. The van der Waals surface area contributed by atoms with Gasteiger partial charge in [0.25, 0.3) is 0 Å². The van der Waals surface area contributed by atoms with Gasteiger partial charge in [0.2, 0.25) is 10.0 Å². The van der Waals surface area contributed by atoms with Crippen LogP contribution in [0.1, 0.15) is 41.4 Å². The average Bonchev–Trinajstić information content (AvgIpc) is 2.64. The van der Waals surface area contributed by atoms with E-state index in [1.807, 2.05) is 0 Å². The van der Waals surface area contributed by atoms with Crippen LogP contribution in [0.15, 0.2) is 29.3 Å². The molecule has 140 valence electrons. The molecule has 0 saturated carbocycles. The van der Waals surface area contributed by atoms with Gasteiger partial charge in [-0.3, -0.25) is 0 Å². The van der Waals surface area contributed by atoms with Crippen LogP contribution in [0.4, 0.5) is 4.39 Å². The predicted octanol–water partition coefficient (Wildman–Crippen LogP) is 2.29. The molecular weight excluding hydrogens is 357 g/mol. The molecule has 1 atom stereocenters. The number of aliphatic hydroxyl groups is 1. The molecule has 0 aliphatic carbocycles. The topological polar surface area (TPSA) is 83.4 Å². The standard InChI is InChI=1S/C18H22FN3O3S/c1-12-5-6-16(8-17(12)19)26(24,25)22-7-3-4-14(10-22)18-15(11-23)9-20-13(2)21-18/h5-6,8-9,14,23H,3-4,7,10-11H2,1-2H3. The number of rotatable bonds is 4. The summed E-state index contributed by atoms with van der Waals surface area (Å²) in [5, 5.41) is 9.55. The van der Waals surface area contributed by atoms with Gasteiger partial charge in [-0.05, 0) is 44.4 Å². The van der Waals surface area contributed by atoms with Crippen LogP contribution in [0.3, 0.4) is 0 Å². The Kier molecular flexibility index (Phi) is 5.36. The molecule has 1 aromatic heterocycles. The Labute approximate surface area is 152 Å².